The van der Waals surface area contributed by atoms with E-state index in [1.54, 1.807) is 6.07 Å². The molecule has 7 heteroatoms. The van der Waals surface area contributed by atoms with Gasteiger partial charge in [-0.05, 0) is 45.4 Å². The van der Waals surface area contributed by atoms with E-state index in [0.717, 1.165) is 19.4 Å². The fourth-order valence-corrected chi connectivity index (χ4v) is 3.49. The Bertz CT molecular complexity index is 605. The number of carbonyl (C=O) groups excluding carboxylic acids is 1. The van der Waals surface area contributed by atoms with Crippen LogP contribution < -0.4 is 0 Å². The van der Waals surface area contributed by atoms with Crippen molar-refractivity contribution < 1.29 is 9.72 Å². The second-order valence-electron chi connectivity index (χ2n) is 6.11. The number of benzene rings is 1. The van der Waals surface area contributed by atoms with Crippen LogP contribution >= 0.6 is 11.6 Å². The summed E-state index contributed by atoms with van der Waals surface area (Å²) in [6, 6.07) is 4.63. The van der Waals surface area contributed by atoms with E-state index < -0.39 is 0 Å². The minimum atomic E-state index is -0.381. The van der Waals surface area contributed by atoms with Crippen LogP contribution in [0.5, 0.6) is 0 Å². The Balaban J connectivity index is 2.10. The van der Waals surface area contributed by atoms with Gasteiger partial charge in [-0.2, -0.15) is 0 Å². The highest BCUT2D eigenvalue weighted by atomic mass is 35.5. The number of nitro groups is 1. The lowest BCUT2D eigenvalue weighted by Crippen LogP contribution is -2.44. The number of amides is 1. The second-order valence-corrected chi connectivity index (χ2v) is 6.55. The molecular formula is C17H24ClN3O3. The molecule has 1 fully saturated rings. The number of nitrogens with zero attached hydrogens (tertiary/aromatic N) is 3. The molecule has 0 bridgehead atoms. The predicted octanol–water partition coefficient (Wildman–Crippen LogP) is 3.33. The zero-order valence-electron chi connectivity index (χ0n) is 14.2. The van der Waals surface area contributed by atoms with E-state index in [4.69, 9.17) is 11.6 Å². The minimum absolute atomic E-state index is 0.0307. The summed E-state index contributed by atoms with van der Waals surface area (Å²) >= 11 is 6.00. The highest BCUT2D eigenvalue weighted by Gasteiger charge is 2.29. The van der Waals surface area contributed by atoms with Gasteiger partial charge in [-0.1, -0.05) is 11.6 Å². The molecule has 1 aliphatic rings. The van der Waals surface area contributed by atoms with Gasteiger partial charge in [-0.25, -0.2) is 0 Å². The fraction of sp³-hybridized carbons (Fsp3) is 0.588. The molecule has 0 saturated carbocycles. The van der Waals surface area contributed by atoms with Crippen molar-refractivity contribution in [3.8, 4) is 0 Å². The van der Waals surface area contributed by atoms with Gasteiger partial charge in [-0.3, -0.25) is 19.8 Å². The summed E-state index contributed by atoms with van der Waals surface area (Å²) < 4.78 is 0. The second kappa shape index (κ2) is 8.44. The molecule has 6 nitrogen and oxygen atoms in total. The van der Waals surface area contributed by atoms with E-state index in [0.29, 0.717) is 36.8 Å². The van der Waals surface area contributed by atoms with Gasteiger partial charge < -0.3 is 4.90 Å². The van der Waals surface area contributed by atoms with Crippen molar-refractivity contribution in [2.45, 2.75) is 33.2 Å². The first-order valence-corrected chi connectivity index (χ1v) is 8.78. The molecule has 0 unspecified atom stereocenters. The maximum atomic E-state index is 12.6. The number of piperidine rings is 1. The largest absolute Gasteiger partial charge is 0.343 e. The molecule has 1 aromatic rings. The van der Waals surface area contributed by atoms with E-state index in [-0.39, 0.29) is 22.4 Å². The predicted molar refractivity (Wildman–Crippen MR) is 94.0 cm³/mol. The van der Waals surface area contributed by atoms with Crippen LogP contribution in [0.1, 0.15) is 32.3 Å². The van der Waals surface area contributed by atoms with Crippen molar-refractivity contribution in [2.75, 3.05) is 26.2 Å². The summed E-state index contributed by atoms with van der Waals surface area (Å²) in [4.78, 5) is 27.4. The summed E-state index contributed by atoms with van der Waals surface area (Å²) in [5.41, 5.74) is 0.681. The highest BCUT2D eigenvalue weighted by molar-refractivity contribution is 6.30. The molecule has 2 rings (SSSR count). The van der Waals surface area contributed by atoms with Gasteiger partial charge in [0, 0.05) is 42.8 Å². The molecule has 0 aromatic heterocycles. The smallest absolute Gasteiger partial charge is 0.273 e. The first-order valence-electron chi connectivity index (χ1n) is 8.40. The van der Waals surface area contributed by atoms with Gasteiger partial charge in [0.2, 0.25) is 5.91 Å². The Kier molecular flexibility index (Phi) is 6.57. The molecular weight excluding hydrogens is 330 g/mol. The van der Waals surface area contributed by atoms with Gasteiger partial charge in [-0.15, -0.1) is 0 Å². The van der Waals surface area contributed by atoms with E-state index in [1.807, 2.05) is 18.7 Å². The van der Waals surface area contributed by atoms with Crippen LogP contribution in [0.3, 0.4) is 0 Å². The van der Waals surface area contributed by atoms with Crippen LogP contribution in [0.2, 0.25) is 5.02 Å². The molecule has 0 aliphatic carbocycles. The molecule has 132 valence electrons. The van der Waals surface area contributed by atoms with Crippen molar-refractivity contribution in [2.24, 2.45) is 5.92 Å². The van der Waals surface area contributed by atoms with E-state index in [9.17, 15) is 14.9 Å². The lowest BCUT2D eigenvalue weighted by atomic mass is 9.96. The number of hydrogen-bond acceptors (Lipinski definition) is 4. The van der Waals surface area contributed by atoms with E-state index in [1.165, 1.54) is 12.1 Å². The normalized spacial score (nSPS) is 18.4. The van der Waals surface area contributed by atoms with E-state index in [2.05, 4.69) is 4.90 Å². The lowest BCUT2D eigenvalue weighted by molar-refractivity contribution is -0.385. The zero-order chi connectivity index (χ0) is 17.7. The van der Waals surface area contributed by atoms with Gasteiger partial charge in [0.25, 0.3) is 5.69 Å². The number of halogens is 1. The molecule has 1 aromatic carbocycles. The molecule has 24 heavy (non-hydrogen) atoms. The molecule has 1 aliphatic heterocycles. The third-order valence-electron chi connectivity index (χ3n) is 4.56. The van der Waals surface area contributed by atoms with Crippen LogP contribution in [0, 0.1) is 16.0 Å². The molecule has 0 N–H and O–H groups in total. The minimum Gasteiger partial charge on any atom is -0.343 e. The monoisotopic (exact) mass is 353 g/mol. The molecule has 0 spiro atoms. The summed E-state index contributed by atoms with van der Waals surface area (Å²) in [5.74, 6) is 0.155. The number of rotatable bonds is 6. The topological polar surface area (TPSA) is 66.7 Å². The number of likely N-dealkylation sites (tertiary alicyclic amines) is 1. The van der Waals surface area contributed by atoms with Crippen LogP contribution in [-0.4, -0.2) is 46.8 Å². The van der Waals surface area contributed by atoms with Crippen LogP contribution in [-0.2, 0) is 11.3 Å². The van der Waals surface area contributed by atoms with Gasteiger partial charge in [0.1, 0.15) is 0 Å². The van der Waals surface area contributed by atoms with Crippen LogP contribution in [0.15, 0.2) is 18.2 Å². The van der Waals surface area contributed by atoms with Crippen LogP contribution in [0.4, 0.5) is 5.69 Å². The zero-order valence-corrected chi connectivity index (χ0v) is 15.0. The Morgan fingerprint density at radius 2 is 2.12 bits per heavy atom. The van der Waals surface area contributed by atoms with Crippen LogP contribution in [0.25, 0.3) is 0 Å². The molecule has 1 heterocycles. The Labute approximate surface area is 147 Å². The lowest BCUT2D eigenvalue weighted by Gasteiger charge is -2.34. The maximum Gasteiger partial charge on any atom is 0.273 e. The first-order chi connectivity index (χ1) is 11.5. The number of nitro benzene ring substituents is 1. The summed E-state index contributed by atoms with van der Waals surface area (Å²) in [6.07, 6.45) is 1.80. The van der Waals surface area contributed by atoms with Crippen molar-refractivity contribution in [3.05, 3.63) is 38.9 Å². The van der Waals surface area contributed by atoms with Crippen molar-refractivity contribution in [1.29, 1.82) is 0 Å². The van der Waals surface area contributed by atoms with Crippen molar-refractivity contribution in [1.82, 2.24) is 9.80 Å². The molecule has 1 atom stereocenters. The number of hydrogen-bond donors (Lipinski definition) is 0. The molecule has 1 saturated heterocycles. The third kappa shape index (κ3) is 4.45. The van der Waals surface area contributed by atoms with Gasteiger partial charge in [0.15, 0.2) is 0 Å². The third-order valence-corrected chi connectivity index (χ3v) is 4.80. The summed E-state index contributed by atoms with van der Waals surface area (Å²) in [7, 11) is 0. The van der Waals surface area contributed by atoms with Crippen molar-refractivity contribution in [3.63, 3.8) is 0 Å². The average molecular weight is 354 g/mol. The Morgan fingerprint density at radius 3 is 2.75 bits per heavy atom. The Hall–Kier alpha value is -1.66. The van der Waals surface area contributed by atoms with Gasteiger partial charge in [0.05, 0.1) is 10.8 Å². The standard InChI is InChI=1S/C17H24ClN3O3/c1-3-20(4-2)17(22)13-6-5-9-19(11-13)12-14-10-15(18)7-8-16(14)21(23)24/h7-8,10,13H,3-6,9,11-12H2,1-2H3/t13-/m1/s1. The quantitative estimate of drug-likeness (QED) is 0.581. The number of carbonyl (C=O) groups is 1. The van der Waals surface area contributed by atoms with Crippen molar-refractivity contribution >= 4 is 23.2 Å². The Morgan fingerprint density at radius 1 is 1.42 bits per heavy atom. The molecule has 0 radical (unpaired) electrons. The maximum absolute atomic E-state index is 12.6. The van der Waals surface area contributed by atoms with E-state index >= 15 is 0 Å². The average Bonchev–Trinajstić information content (AvgIpc) is 2.56. The first kappa shape index (κ1) is 18.7. The summed E-state index contributed by atoms with van der Waals surface area (Å²) in [5, 5.41) is 11.7. The highest BCUT2D eigenvalue weighted by Crippen LogP contribution is 2.27. The van der Waals surface area contributed by atoms with Gasteiger partial charge >= 0.3 is 0 Å². The summed E-state index contributed by atoms with van der Waals surface area (Å²) in [6.45, 7) is 7.31. The SMILES string of the molecule is CCN(CC)C(=O)[C@@H]1CCCN(Cc2cc(Cl)ccc2[N+](=O)[O-])C1. The molecule has 1 amide bonds. The fourth-order valence-electron chi connectivity index (χ4n) is 3.29.